The Hall–Kier alpha value is -3.07. The second kappa shape index (κ2) is 7.67. The molecule has 1 amide bonds. The number of carbonyl (C=O) groups is 1. The maximum Gasteiger partial charge on any atom is 0.254 e. The molecule has 3 aromatic rings. The van der Waals surface area contributed by atoms with E-state index in [2.05, 4.69) is 30.7 Å². The first-order valence-corrected chi connectivity index (χ1v) is 7.81. The molecule has 0 aliphatic heterocycles. The number of fused-ring (bicyclic) bond motifs is 1. The van der Waals surface area contributed by atoms with Gasteiger partial charge in [-0.2, -0.15) is 14.6 Å². The number of carbonyl (C=O) groups excluding carboxylic acids is 1. The summed E-state index contributed by atoms with van der Waals surface area (Å²) in [6.45, 7) is 2.68. The van der Waals surface area contributed by atoms with Crippen molar-refractivity contribution in [3.05, 3.63) is 42.0 Å². The molecule has 3 heterocycles. The zero-order chi connectivity index (χ0) is 17.6. The number of rotatable bonds is 7. The Morgan fingerprint density at radius 1 is 1.32 bits per heavy atom. The van der Waals surface area contributed by atoms with E-state index in [0.29, 0.717) is 30.6 Å². The van der Waals surface area contributed by atoms with Crippen LogP contribution in [0.2, 0.25) is 0 Å². The van der Waals surface area contributed by atoms with Gasteiger partial charge in [0.2, 0.25) is 5.91 Å². The zero-order valence-corrected chi connectivity index (χ0v) is 14.1. The largest absolute Gasteiger partial charge is 0.378 e. The van der Waals surface area contributed by atoms with Crippen molar-refractivity contribution in [3.63, 3.8) is 0 Å². The topological polar surface area (TPSA) is 106 Å². The normalized spacial score (nSPS) is 10.8. The quantitative estimate of drug-likeness (QED) is 0.669. The Morgan fingerprint density at radius 2 is 2.20 bits per heavy atom. The van der Waals surface area contributed by atoms with Crippen LogP contribution in [0, 0.1) is 6.92 Å². The summed E-state index contributed by atoms with van der Waals surface area (Å²) in [5.74, 6) is 1.61. The van der Waals surface area contributed by atoms with Gasteiger partial charge in [0.15, 0.2) is 0 Å². The molecule has 0 unspecified atom stereocenters. The zero-order valence-electron chi connectivity index (χ0n) is 14.1. The summed E-state index contributed by atoms with van der Waals surface area (Å²) in [4.78, 5) is 24.7. The van der Waals surface area contributed by atoms with Gasteiger partial charge in [-0.3, -0.25) is 4.79 Å². The minimum atomic E-state index is -0.119. The monoisotopic (exact) mass is 341 g/mol. The van der Waals surface area contributed by atoms with Crippen molar-refractivity contribution in [1.82, 2.24) is 24.6 Å². The van der Waals surface area contributed by atoms with Gasteiger partial charge < -0.3 is 15.4 Å². The van der Waals surface area contributed by atoms with E-state index in [1.54, 1.807) is 17.7 Å². The van der Waals surface area contributed by atoms with Gasteiger partial charge in [0.1, 0.15) is 18.0 Å². The van der Waals surface area contributed by atoms with Gasteiger partial charge in [-0.1, -0.05) is 6.07 Å². The van der Waals surface area contributed by atoms with Gasteiger partial charge in [0.25, 0.3) is 5.78 Å². The van der Waals surface area contributed by atoms with Crippen LogP contribution in [-0.4, -0.2) is 44.1 Å². The number of anilines is 2. The van der Waals surface area contributed by atoms with E-state index in [9.17, 15) is 4.79 Å². The van der Waals surface area contributed by atoms with Crippen molar-refractivity contribution in [1.29, 1.82) is 0 Å². The standard InChI is InChI=1S/C16H19N7O2/c1-11-4-3-5-13(20-11)22-15(24)6-7-17-14-8-12(9-25-2)21-16-18-10-19-23(14)16/h3-5,8,10,17H,6-7,9H2,1-2H3,(H,20,22,24). The molecule has 3 aromatic heterocycles. The first kappa shape index (κ1) is 16.8. The van der Waals surface area contributed by atoms with Crippen molar-refractivity contribution in [3.8, 4) is 0 Å². The van der Waals surface area contributed by atoms with Crippen LogP contribution in [0.1, 0.15) is 17.8 Å². The maximum absolute atomic E-state index is 12.0. The van der Waals surface area contributed by atoms with E-state index >= 15 is 0 Å². The van der Waals surface area contributed by atoms with E-state index in [-0.39, 0.29) is 12.3 Å². The Kier molecular flexibility index (Phi) is 5.14. The van der Waals surface area contributed by atoms with E-state index in [0.717, 1.165) is 11.4 Å². The Morgan fingerprint density at radius 3 is 3.00 bits per heavy atom. The third-order valence-corrected chi connectivity index (χ3v) is 3.41. The smallest absolute Gasteiger partial charge is 0.254 e. The summed E-state index contributed by atoms with van der Waals surface area (Å²) in [5, 5.41) is 10.1. The molecule has 0 radical (unpaired) electrons. The summed E-state index contributed by atoms with van der Waals surface area (Å²) >= 11 is 0. The predicted octanol–water partition coefficient (Wildman–Crippen LogP) is 1.41. The first-order chi connectivity index (χ1) is 12.2. The third-order valence-electron chi connectivity index (χ3n) is 3.41. The van der Waals surface area contributed by atoms with E-state index < -0.39 is 0 Å². The molecule has 0 atom stereocenters. The highest BCUT2D eigenvalue weighted by molar-refractivity contribution is 5.90. The molecule has 0 fully saturated rings. The number of ether oxygens (including phenoxy) is 1. The van der Waals surface area contributed by atoms with Crippen LogP contribution >= 0.6 is 0 Å². The number of nitrogens with zero attached hydrogens (tertiary/aromatic N) is 5. The molecular formula is C16H19N7O2. The molecule has 25 heavy (non-hydrogen) atoms. The molecule has 0 aliphatic rings. The molecule has 0 spiro atoms. The van der Waals surface area contributed by atoms with Crippen LogP contribution in [0.4, 0.5) is 11.6 Å². The van der Waals surface area contributed by atoms with Crippen LogP contribution in [0.5, 0.6) is 0 Å². The Balaban J connectivity index is 1.60. The molecule has 0 aliphatic carbocycles. The lowest BCUT2D eigenvalue weighted by Crippen LogP contribution is -2.18. The summed E-state index contributed by atoms with van der Waals surface area (Å²) in [6.07, 6.45) is 1.72. The molecule has 130 valence electrons. The van der Waals surface area contributed by atoms with Gasteiger partial charge in [-0.15, -0.1) is 0 Å². The average Bonchev–Trinajstić information content (AvgIpc) is 3.04. The number of methoxy groups -OCH3 is 1. The minimum absolute atomic E-state index is 0.119. The Bertz CT molecular complexity index is 878. The fourth-order valence-electron chi connectivity index (χ4n) is 2.33. The number of pyridine rings is 1. The summed E-state index contributed by atoms with van der Waals surface area (Å²) in [7, 11) is 1.60. The second-order valence-electron chi connectivity index (χ2n) is 5.43. The van der Waals surface area contributed by atoms with Crippen LogP contribution in [0.3, 0.4) is 0 Å². The summed E-state index contributed by atoms with van der Waals surface area (Å²) in [6, 6.07) is 7.32. The molecule has 3 rings (SSSR count). The molecule has 0 saturated heterocycles. The predicted molar refractivity (Wildman–Crippen MR) is 92.2 cm³/mol. The minimum Gasteiger partial charge on any atom is -0.378 e. The van der Waals surface area contributed by atoms with Crippen molar-refractivity contribution < 1.29 is 9.53 Å². The molecule has 0 aromatic carbocycles. The van der Waals surface area contributed by atoms with Crippen LogP contribution in [-0.2, 0) is 16.1 Å². The molecule has 9 heteroatoms. The molecule has 9 nitrogen and oxygen atoms in total. The van der Waals surface area contributed by atoms with Crippen LogP contribution < -0.4 is 10.6 Å². The lowest BCUT2D eigenvalue weighted by molar-refractivity contribution is -0.116. The highest BCUT2D eigenvalue weighted by Crippen LogP contribution is 2.12. The lowest BCUT2D eigenvalue weighted by Gasteiger charge is -2.10. The van der Waals surface area contributed by atoms with Crippen molar-refractivity contribution in [2.45, 2.75) is 20.0 Å². The lowest BCUT2D eigenvalue weighted by atomic mass is 10.3. The summed E-state index contributed by atoms with van der Waals surface area (Å²) < 4.78 is 6.69. The van der Waals surface area contributed by atoms with E-state index in [1.807, 2.05) is 25.1 Å². The number of amides is 1. The highest BCUT2D eigenvalue weighted by atomic mass is 16.5. The summed E-state index contributed by atoms with van der Waals surface area (Å²) in [5.41, 5.74) is 1.59. The van der Waals surface area contributed by atoms with E-state index in [4.69, 9.17) is 4.74 Å². The number of aromatic nitrogens is 5. The highest BCUT2D eigenvalue weighted by Gasteiger charge is 2.09. The number of aryl methyl sites for hydroxylation is 1. The molecular weight excluding hydrogens is 322 g/mol. The number of nitrogens with one attached hydrogen (secondary N) is 2. The van der Waals surface area contributed by atoms with Crippen LogP contribution in [0.25, 0.3) is 5.78 Å². The fraction of sp³-hybridized carbons (Fsp3) is 0.312. The Labute approximate surface area is 144 Å². The van der Waals surface area contributed by atoms with Gasteiger partial charge in [0.05, 0.1) is 12.3 Å². The maximum atomic E-state index is 12.0. The second-order valence-corrected chi connectivity index (χ2v) is 5.43. The van der Waals surface area contributed by atoms with E-state index in [1.165, 1.54) is 6.33 Å². The van der Waals surface area contributed by atoms with Crippen molar-refractivity contribution in [2.75, 3.05) is 24.3 Å². The van der Waals surface area contributed by atoms with Gasteiger partial charge >= 0.3 is 0 Å². The van der Waals surface area contributed by atoms with Crippen molar-refractivity contribution >= 4 is 23.3 Å². The first-order valence-electron chi connectivity index (χ1n) is 7.81. The number of hydrogen-bond acceptors (Lipinski definition) is 7. The molecule has 0 saturated carbocycles. The molecule has 0 bridgehead atoms. The van der Waals surface area contributed by atoms with Crippen molar-refractivity contribution in [2.24, 2.45) is 0 Å². The fourth-order valence-corrected chi connectivity index (χ4v) is 2.33. The molecule has 2 N–H and O–H groups in total. The SMILES string of the molecule is COCc1cc(NCCC(=O)Nc2cccc(C)n2)n2ncnc2n1. The third kappa shape index (κ3) is 4.27. The van der Waals surface area contributed by atoms with Gasteiger partial charge in [-0.05, 0) is 19.1 Å². The van der Waals surface area contributed by atoms with Gasteiger partial charge in [-0.25, -0.2) is 9.97 Å². The number of hydrogen-bond donors (Lipinski definition) is 2. The van der Waals surface area contributed by atoms with Crippen LogP contribution in [0.15, 0.2) is 30.6 Å². The van der Waals surface area contributed by atoms with Gasteiger partial charge in [0, 0.05) is 31.8 Å². The average molecular weight is 341 g/mol.